The Hall–Kier alpha value is -1.88. The Morgan fingerprint density at radius 1 is 1.41 bits per heavy atom. The highest BCUT2D eigenvalue weighted by atomic mass is 16.1. The number of hydrogen-bond donors (Lipinski definition) is 3. The molecular formula is C17H24N4O. The first-order valence-electron chi connectivity index (χ1n) is 8.12. The lowest BCUT2D eigenvalue weighted by Gasteiger charge is -2.27. The van der Waals surface area contributed by atoms with Crippen LogP contribution in [-0.2, 0) is 4.79 Å². The molecule has 3 rings (SSSR count). The molecule has 1 saturated carbocycles. The number of pyridine rings is 1. The zero-order valence-corrected chi connectivity index (χ0v) is 13.1. The van der Waals surface area contributed by atoms with Crippen LogP contribution in [0.15, 0.2) is 18.5 Å². The van der Waals surface area contributed by atoms with Crippen molar-refractivity contribution in [3.05, 3.63) is 24.0 Å². The number of hydrogen-bond acceptors (Lipinski definition) is 3. The number of aryl methyl sites for hydroxylation is 1. The summed E-state index contributed by atoms with van der Waals surface area (Å²) in [7, 11) is 0. The first kappa shape index (κ1) is 15.0. The second-order valence-corrected chi connectivity index (χ2v) is 6.34. The Kier molecular flexibility index (Phi) is 4.43. The van der Waals surface area contributed by atoms with Gasteiger partial charge in [0.15, 0.2) is 0 Å². The summed E-state index contributed by atoms with van der Waals surface area (Å²) in [5.74, 6) is 0.965. The van der Waals surface area contributed by atoms with Crippen LogP contribution in [0.3, 0.4) is 0 Å². The van der Waals surface area contributed by atoms with Gasteiger partial charge in [-0.25, -0.2) is 4.98 Å². The summed E-state index contributed by atoms with van der Waals surface area (Å²) in [6, 6.07) is 1.96. The summed E-state index contributed by atoms with van der Waals surface area (Å²) < 4.78 is 0. The van der Waals surface area contributed by atoms with E-state index in [9.17, 15) is 4.79 Å². The topological polar surface area (TPSA) is 83.8 Å². The van der Waals surface area contributed by atoms with Gasteiger partial charge in [-0.2, -0.15) is 0 Å². The standard InChI is InChI=1S/C17H24N4O/c1-11-10-20-16-14(7-9-19-16)15(11)21-17(22)13-4-2-12(3-5-13)6-8-18/h7,9-10,12-13H,2-6,8,18H2,1H3,(H2,19,20,21,22)/t12-,13-. The average Bonchev–Trinajstić information content (AvgIpc) is 3.00. The molecule has 2 aromatic heterocycles. The molecule has 0 radical (unpaired) electrons. The molecule has 4 N–H and O–H groups in total. The van der Waals surface area contributed by atoms with Crippen LogP contribution in [0.5, 0.6) is 0 Å². The monoisotopic (exact) mass is 300 g/mol. The summed E-state index contributed by atoms with van der Waals surface area (Å²) in [6.45, 7) is 2.73. The zero-order chi connectivity index (χ0) is 15.5. The van der Waals surface area contributed by atoms with Gasteiger partial charge in [0, 0.05) is 23.7 Å². The fourth-order valence-corrected chi connectivity index (χ4v) is 3.45. The summed E-state index contributed by atoms with van der Waals surface area (Å²) in [5.41, 5.74) is 8.33. The van der Waals surface area contributed by atoms with Crippen molar-refractivity contribution in [1.29, 1.82) is 0 Å². The SMILES string of the molecule is Cc1cnc2[nH]ccc2c1NC(=O)[C@H]1CC[C@H](CCN)CC1. The average molecular weight is 300 g/mol. The van der Waals surface area contributed by atoms with E-state index in [1.165, 1.54) is 0 Å². The van der Waals surface area contributed by atoms with Gasteiger partial charge >= 0.3 is 0 Å². The maximum atomic E-state index is 12.6. The van der Waals surface area contributed by atoms with E-state index in [4.69, 9.17) is 5.73 Å². The van der Waals surface area contributed by atoms with Crippen molar-refractivity contribution >= 4 is 22.6 Å². The van der Waals surface area contributed by atoms with Gasteiger partial charge in [-0.3, -0.25) is 4.79 Å². The van der Waals surface area contributed by atoms with Crippen molar-refractivity contribution in [2.75, 3.05) is 11.9 Å². The Morgan fingerprint density at radius 2 is 2.18 bits per heavy atom. The van der Waals surface area contributed by atoms with Crippen LogP contribution < -0.4 is 11.1 Å². The number of nitrogens with one attached hydrogen (secondary N) is 2. The minimum Gasteiger partial charge on any atom is -0.346 e. The van der Waals surface area contributed by atoms with E-state index in [1.54, 1.807) is 6.20 Å². The number of fused-ring (bicyclic) bond motifs is 1. The van der Waals surface area contributed by atoms with Crippen molar-refractivity contribution in [3.63, 3.8) is 0 Å². The molecule has 0 aromatic carbocycles. The van der Waals surface area contributed by atoms with Gasteiger partial charge in [0.25, 0.3) is 0 Å². The van der Waals surface area contributed by atoms with E-state index >= 15 is 0 Å². The quantitative estimate of drug-likeness (QED) is 0.811. The number of nitrogens with two attached hydrogens (primary N) is 1. The van der Waals surface area contributed by atoms with Gasteiger partial charge in [-0.15, -0.1) is 0 Å². The third-order valence-electron chi connectivity index (χ3n) is 4.82. The Bertz CT molecular complexity index is 656. The molecular weight excluding hydrogens is 276 g/mol. The largest absolute Gasteiger partial charge is 0.346 e. The van der Waals surface area contributed by atoms with Gasteiger partial charge in [0.1, 0.15) is 5.65 Å². The van der Waals surface area contributed by atoms with Crippen LogP contribution in [-0.4, -0.2) is 22.4 Å². The van der Waals surface area contributed by atoms with E-state index in [-0.39, 0.29) is 11.8 Å². The van der Waals surface area contributed by atoms with E-state index in [1.807, 2.05) is 19.2 Å². The zero-order valence-electron chi connectivity index (χ0n) is 13.1. The van der Waals surface area contributed by atoms with Crippen LogP contribution in [0.25, 0.3) is 11.0 Å². The molecule has 0 atom stereocenters. The maximum Gasteiger partial charge on any atom is 0.227 e. The van der Waals surface area contributed by atoms with Crippen LogP contribution in [0.2, 0.25) is 0 Å². The Labute approximate surface area is 130 Å². The van der Waals surface area contributed by atoms with Crippen molar-refractivity contribution in [2.24, 2.45) is 17.6 Å². The number of aromatic amines is 1. The van der Waals surface area contributed by atoms with Gasteiger partial charge in [0.2, 0.25) is 5.91 Å². The fourth-order valence-electron chi connectivity index (χ4n) is 3.45. The lowest BCUT2D eigenvalue weighted by atomic mass is 9.80. The smallest absolute Gasteiger partial charge is 0.227 e. The Morgan fingerprint density at radius 3 is 2.91 bits per heavy atom. The molecule has 0 spiro atoms. The molecule has 1 amide bonds. The van der Waals surface area contributed by atoms with E-state index in [0.717, 1.165) is 60.9 Å². The molecule has 0 unspecified atom stereocenters. The molecule has 1 fully saturated rings. The van der Waals surface area contributed by atoms with Gasteiger partial charge in [-0.1, -0.05) is 0 Å². The molecule has 22 heavy (non-hydrogen) atoms. The molecule has 2 aromatic rings. The fraction of sp³-hybridized carbons (Fsp3) is 0.529. The van der Waals surface area contributed by atoms with Crippen LogP contribution in [0.1, 0.15) is 37.7 Å². The van der Waals surface area contributed by atoms with Gasteiger partial charge in [-0.05, 0) is 63.1 Å². The number of H-pyrrole nitrogens is 1. The summed E-state index contributed by atoms with van der Waals surface area (Å²) in [4.78, 5) is 20.0. The predicted octanol–water partition coefficient (Wildman–Crippen LogP) is 2.97. The minimum atomic E-state index is 0.121. The lowest BCUT2D eigenvalue weighted by molar-refractivity contribution is -0.121. The number of amides is 1. The lowest BCUT2D eigenvalue weighted by Crippen LogP contribution is -2.28. The number of aromatic nitrogens is 2. The molecule has 0 aliphatic heterocycles. The number of carbonyl (C=O) groups is 1. The van der Waals surface area contributed by atoms with Crippen molar-refractivity contribution in [2.45, 2.75) is 39.0 Å². The number of rotatable bonds is 4. The number of anilines is 1. The summed E-state index contributed by atoms with van der Waals surface area (Å²) in [6.07, 6.45) is 8.90. The highest BCUT2D eigenvalue weighted by Crippen LogP contribution is 2.32. The third-order valence-corrected chi connectivity index (χ3v) is 4.82. The van der Waals surface area contributed by atoms with E-state index in [2.05, 4.69) is 15.3 Å². The number of nitrogens with zero attached hydrogens (tertiary/aromatic N) is 1. The molecule has 0 saturated heterocycles. The molecule has 5 nitrogen and oxygen atoms in total. The van der Waals surface area contributed by atoms with Crippen molar-refractivity contribution < 1.29 is 4.79 Å². The molecule has 118 valence electrons. The van der Waals surface area contributed by atoms with Gasteiger partial charge in [0.05, 0.1) is 5.69 Å². The van der Waals surface area contributed by atoms with Crippen LogP contribution in [0.4, 0.5) is 5.69 Å². The number of carbonyl (C=O) groups excluding carboxylic acids is 1. The van der Waals surface area contributed by atoms with Crippen molar-refractivity contribution in [1.82, 2.24) is 9.97 Å². The summed E-state index contributed by atoms with van der Waals surface area (Å²) >= 11 is 0. The van der Waals surface area contributed by atoms with Gasteiger partial charge < -0.3 is 16.0 Å². The van der Waals surface area contributed by atoms with E-state index in [0.29, 0.717) is 5.92 Å². The summed E-state index contributed by atoms with van der Waals surface area (Å²) in [5, 5.41) is 4.11. The molecule has 2 heterocycles. The Balaban J connectivity index is 1.69. The van der Waals surface area contributed by atoms with Crippen LogP contribution in [0, 0.1) is 18.8 Å². The first-order chi connectivity index (χ1) is 10.7. The van der Waals surface area contributed by atoms with E-state index < -0.39 is 0 Å². The minimum absolute atomic E-state index is 0.121. The van der Waals surface area contributed by atoms with Crippen LogP contribution >= 0.6 is 0 Å². The highest BCUT2D eigenvalue weighted by molar-refractivity contribution is 6.02. The molecule has 5 heteroatoms. The normalized spacial score (nSPS) is 21.9. The third kappa shape index (κ3) is 2.99. The second kappa shape index (κ2) is 6.48. The maximum absolute atomic E-state index is 12.6. The molecule has 1 aliphatic carbocycles. The second-order valence-electron chi connectivity index (χ2n) is 6.34. The first-order valence-corrected chi connectivity index (χ1v) is 8.12. The molecule has 1 aliphatic rings. The van der Waals surface area contributed by atoms with Crippen molar-refractivity contribution in [3.8, 4) is 0 Å². The highest BCUT2D eigenvalue weighted by Gasteiger charge is 2.26. The molecule has 0 bridgehead atoms. The predicted molar refractivity (Wildman–Crippen MR) is 88.6 cm³/mol.